The van der Waals surface area contributed by atoms with Crippen LogP contribution in [0.2, 0.25) is 0 Å². The maximum absolute atomic E-state index is 12.6. The minimum absolute atomic E-state index is 0.166. The van der Waals surface area contributed by atoms with E-state index in [2.05, 4.69) is 15.0 Å². The Balaban J connectivity index is 1.38. The predicted molar refractivity (Wildman–Crippen MR) is 112 cm³/mol. The largest absolute Gasteiger partial charge is 0.490 e. The zero-order chi connectivity index (χ0) is 19.6. The number of aromatic nitrogens is 4. The Morgan fingerprint density at radius 2 is 1.66 bits per heavy atom. The van der Waals surface area contributed by atoms with Crippen LogP contribution in [0.1, 0.15) is 12.8 Å². The van der Waals surface area contributed by atoms with Gasteiger partial charge in [-0.15, -0.1) is 0 Å². The van der Waals surface area contributed by atoms with Crippen molar-refractivity contribution >= 4 is 17.0 Å². The topological polar surface area (TPSA) is 76.0 Å². The summed E-state index contributed by atoms with van der Waals surface area (Å²) >= 11 is 0. The molecule has 29 heavy (non-hydrogen) atoms. The van der Waals surface area contributed by atoms with Crippen molar-refractivity contribution in [3.8, 4) is 11.4 Å². The van der Waals surface area contributed by atoms with E-state index in [4.69, 9.17) is 9.72 Å². The number of benzene rings is 2. The zero-order valence-corrected chi connectivity index (χ0v) is 15.9. The fraction of sp³-hybridized carbons (Fsp3) is 0.227. The second kappa shape index (κ2) is 7.43. The Morgan fingerprint density at radius 1 is 0.966 bits per heavy atom. The fourth-order valence-electron chi connectivity index (χ4n) is 3.69. The fourth-order valence-corrected chi connectivity index (χ4v) is 3.69. The lowest BCUT2D eigenvalue weighted by Crippen LogP contribution is -2.39. The molecule has 3 heterocycles. The summed E-state index contributed by atoms with van der Waals surface area (Å²) in [6, 6.07) is 19.6. The minimum Gasteiger partial charge on any atom is -0.490 e. The number of rotatable bonds is 4. The molecule has 0 unspecified atom stereocenters. The SMILES string of the molecule is O=c1[nH]c(N2CCC(Oc3ccccc3)CC2)nc2c1cnn2-c1ccccc1. The van der Waals surface area contributed by atoms with E-state index in [1.54, 1.807) is 10.9 Å². The molecule has 0 atom stereocenters. The van der Waals surface area contributed by atoms with Gasteiger partial charge in [-0.2, -0.15) is 10.1 Å². The number of fused-ring (bicyclic) bond motifs is 1. The molecule has 0 aliphatic carbocycles. The first-order valence-corrected chi connectivity index (χ1v) is 9.78. The molecule has 0 spiro atoms. The average molecular weight is 387 g/mol. The van der Waals surface area contributed by atoms with E-state index in [1.807, 2.05) is 60.7 Å². The third kappa shape index (κ3) is 3.47. The highest BCUT2D eigenvalue weighted by molar-refractivity contribution is 5.76. The minimum atomic E-state index is -0.171. The van der Waals surface area contributed by atoms with E-state index in [-0.39, 0.29) is 11.7 Å². The summed E-state index contributed by atoms with van der Waals surface area (Å²) in [6.07, 6.45) is 3.47. The van der Waals surface area contributed by atoms with Crippen molar-refractivity contribution in [3.05, 3.63) is 77.2 Å². The number of piperidine rings is 1. The summed E-state index contributed by atoms with van der Waals surface area (Å²) in [5.74, 6) is 1.48. The van der Waals surface area contributed by atoms with Gasteiger partial charge in [0.2, 0.25) is 5.95 Å². The van der Waals surface area contributed by atoms with E-state index < -0.39 is 0 Å². The van der Waals surface area contributed by atoms with Crippen molar-refractivity contribution in [3.63, 3.8) is 0 Å². The Labute approximate surface area is 167 Å². The van der Waals surface area contributed by atoms with Crippen molar-refractivity contribution in [2.24, 2.45) is 0 Å². The first-order valence-electron chi connectivity index (χ1n) is 9.78. The third-order valence-electron chi connectivity index (χ3n) is 5.21. The number of para-hydroxylation sites is 2. The molecule has 1 N–H and O–H groups in total. The standard InChI is InChI=1S/C22H21N5O2/c28-21-19-15-23-27(16-7-3-1-4-8-16)20(19)24-22(25-21)26-13-11-18(12-14-26)29-17-9-5-2-6-10-17/h1-10,15,18H,11-14H2,(H,24,25,28). The molecular formula is C22H21N5O2. The Kier molecular flexibility index (Phi) is 4.48. The van der Waals surface area contributed by atoms with Gasteiger partial charge in [-0.1, -0.05) is 36.4 Å². The molecule has 0 radical (unpaired) electrons. The molecule has 146 valence electrons. The lowest BCUT2D eigenvalue weighted by molar-refractivity contribution is 0.170. The van der Waals surface area contributed by atoms with Crippen LogP contribution in [-0.2, 0) is 0 Å². The van der Waals surface area contributed by atoms with Crippen molar-refractivity contribution in [1.82, 2.24) is 19.7 Å². The Bertz CT molecular complexity index is 1160. The lowest BCUT2D eigenvalue weighted by atomic mass is 10.1. The van der Waals surface area contributed by atoms with E-state index >= 15 is 0 Å². The number of nitrogens with one attached hydrogen (secondary N) is 1. The van der Waals surface area contributed by atoms with Crippen LogP contribution in [-0.4, -0.2) is 38.9 Å². The molecule has 4 aromatic rings. The van der Waals surface area contributed by atoms with Gasteiger partial charge in [0.15, 0.2) is 5.65 Å². The van der Waals surface area contributed by atoms with E-state index in [0.29, 0.717) is 17.0 Å². The molecule has 2 aromatic carbocycles. The van der Waals surface area contributed by atoms with Crippen LogP contribution >= 0.6 is 0 Å². The first kappa shape index (κ1) is 17.5. The molecule has 0 bridgehead atoms. The smallest absolute Gasteiger partial charge is 0.263 e. The zero-order valence-electron chi connectivity index (χ0n) is 15.9. The van der Waals surface area contributed by atoms with Gasteiger partial charge in [0, 0.05) is 25.9 Å². The van der Waals surface area contributed by atoms with Gasteiger partial charge in [-0.3, -0.25) is 9.78 Å². The van der Waals surface area contributed by atoms with Gasteiger partial charge >= 0.3 is 0 Å². The molecule has 1 saturated heterocycles. The van der Waals surface area contributed by atoms with Crippen molar-refractivity contribution in [2.75, 3.05) is 18.0 Å². The highest BCUT2D eigenvalue weighted by Gasteiger charge is 2.23. The van der Waals surface area contributed by atoms with Crippen molar-refractivity contribution in [1.29, 1.82) is 0 Å². The second-order valence-electron chi connectivity index (χ2n) is 7.14. The normalized spacial score (nSPS) is 15.0. The quantitative estimate of drug-likeness (QED) is 0.582. The summed E-state index contributed by atoms with van der Waals surface area (Å²) in [6.45, 7) is 1.54. The highest BCUT2D eigenvalue weighted by atomic mass is 16.5. The molecule has 2 aromatic heterocycles. The summed E-state index contributed by atoms with van der Waals surface area (Å²) in [4.78, 5) is 22.3. The number of aromatic amines is 1. The molecule has 7 nitrogen and oxygen atoms in total. The summed E-state index contributed by atoms with van der Waals surface area (Å²) < 4.78 is 7.77. The van der Waals surface area contributed by atoms with Crippen LogP contribution < -0.4 is 15.2 Å². The van der Waals surface area contributed by atoms with E-state index in [1.165, 1.54) is 0 Å². The second-order valence-corrected chi connectivity index (χ2v) is 7.14. The molecule has 1 aliphatic rings. The monoisotopic (exact) mass is 387 g/mol. The van der Waals surface area contributed by atoms with Crippen LogP contribution in [0.4, 0.5) is 5.95 Å². The number of ether oxygens (including phenoxy) is 1. The van der Waals surface area contributed by atoms with Crippen LogP contribution in [0, 0.1) is 0 Å². The van der Waals surface area contributed by atoms with E-state index in [0.717, 1.165) is 37.4 Å². The highest BCUT2D eigenvalue weighted by Crippen LogP contribution is 2.22. The van der Waals surface area contributed by atoms with Gasteiger partial charge in [0.05, 0.1) is 11.9 Å². The molecule has 1 fully saturated rings. The average Bonchev–Trinajstić information content (AvgIpc) is 3.20. The van der Waals surface area contributed by atoms with Crippen LogP contribution in [0.3, 0.4) is 0 Å². The molecular weight excluding hydrogens is 366 g/mol. The summed E-state index contributed by atoms with van der Waals surface area (Å²) in [7, 11) is 0. The van der Waals surface area contributed by atoms with Crippen LogP contribution in [0.5, 0.6) is 5.75 Å². The number of hydrogen-bond donors (Lipinski definition) is 1. The van der Waals surface area contributed by atoms with E-state index in [9.17, 15) is 4.79 Å². The summed E-state index contributed by atoms with van der Waals surface area (Å²) in [5, 5.41) is 4.85. The molecule has 1 aliphatic heterocycles. The molecule has 7 heteroatoms. The predicted octanol–water partition coefficient (Wildman–Crippen LogP) is 3.16. The van der Waals surface area contributed by atoms with Crippen molar-refractivity contribution in [2.45, 2.75) is 18.9 Å². The number of hydrogen-bond acceptors (Lipinski definition) is 5. The maximum Gasteiger partial charge on any atom is 0.263 e. The lowest BCUT2D eigenvalue weighted by Gasteiger charge is -2.32. The molecule has 0 saturated carbocycles. The van der Waals surface area contributed by atoms with Gasteiger partial charge in [0.1, 0.15) is 17.2 Å². The number of H-pyrrole nitrogens is 1. The van der Waals surface area contributed by atoms with Crippen LogP contribution in [0.25, 0.3) is 16.7 Å². The first-order chi connectivity index (χ1) is 14.3. The Hall–Kier alpha value is -3.61. The third-order valence-corrected chi connectivity index (χ3v) is 5.21. The molecule has 0 amide bonds. The van der Waals surface area contributed by atoms with Gasteiger partial charge < -0.3 is 9.64 Å². The Morgan fingerprint density at radius 3 is 2.38 bits per heavy atom. The molecule has 5 rings (SSSR count). The maximum atomic E-state index is 12.6. The summed E-state index contributed by atoms with van der Waals surface area (Å²) in [5.41, 5.74) is 1.27. The van der Waals surface area contributed by atoms with Crippen LogP contribution in [0.15, 0.2) is 71.7 Å². The number of anilines is 1. The van der Waals surface area contributed by atoms with Gasteiger partial charge in [0.25, 0.3) is 5.56 Å². The van der Waals surface area contributed by atoms with Gasteiger partial charge in [-0.25, -0.2) is 4.68 Å². The van der Waals surface area contributed by atoms with Crippen molar-refractivity contribution < 1.29 is 4.74 Å². The number of nitrogens with zero attached hydrogens (tertiary/aromatic N) is 4. The van der Waals surface area contributed by atoms with Gasteiger partial charge in [-0.05, 0) is 24.3 Å².